The summed E-state index contributed by atoms with van der Waals surface area (Å²) in [5, 5.41) is 3.33. The quantitative estimate of drug-likeness (QED) is 0.778. The van der Waals surface area contributed by atoms with E-state index >= 15 is 0 Å². The highest BCUT2D eigenvalue weighted by molar-refractivity contribution is 5.68. The van der Waals surface area contributed by atoms with Crippen molar-refractivity contribution in [3.8, 4) is 0 Å². The van der Waals surface area contributed by atoms with Crippen LogP contribution in [0.1, 0.15) is 40.0 Å². The lowest BCUT2D eigenvalue weighted by molar-refractivity contribution is 0.00985. The molecule has 1 aliphatic rings. The van der Waals surface area contributed by atoms with Gasteiger partial charge in [-0.1, -0.05) is 0 Å². The van der Waals surface area contributed by atoms with Crippen molar-refractivity contribution in [1.82, 2.24) is 10.2 Å². The molecule has 1 fully saturated rings. The predicted octanol–water partition coefficient (Wildman–Crippen LogP) is 2.01. The molecule has 0 aromatic heterocycles. The number of nitrogens with one attached hydrogen (secondary N) is 1. The van der Waals surface area contributed by atoms with Crippen LogP contribution in [0.2, 0.25) is 0 Å². The minimum atomic E-state index is -0.428. The van der Waals surface area contributed by atoms with E-state index in [4.69, 9.17) is 9.47 Å². The van der Waals surface area contributed by atoms with Crippen LogP contribution >= 0.6 is 0 Å². The second kappa shape index (κ2) is 7.70. The topological polar surface area (TPSA) is 50.8 Å². The van der Waals surface area contributed by atoms with Gasteiger partial charge < -0.3 is 19.7 Å². The summed E-state index contributed by atoms with van der Waals surface area (Å²) in [6.07, 6.45) is 3.09. The van der Waals surface area contributed by atoms with Gasteiger partial charge in [-0.3, -0.25) is 0 Å². The standard InChI is InChI=1S/C14H28N2O3/c1-14(2,3)19-13(17)16-9-6-5-7-12(16)11-15-8-10-18-4/h12,15H,5-11H2,1-4H3/t12-/m1/s1. The zero-order valence-corrected chi connectivity index (χ0v) is 12.7. The van der Waals surface area contributed by atoms with Crippen molar-refractivity contribution < 1.29 is 14.3 Å². The fraction of sp³-hybridized carbons (Fsp3) is 0.929. The molecule has 0 aromatic rings. The Morgan fingerprint density at radius 1 is 1.37 bits per heavy atom. The normalized spacial score (nSPS) is 20.4. The number of hydrogen-bond acceptors (Lipinski definition) is 4. The van der Waals surface area contributed by atoms with Crippen molar-refractivity contribution in [3.63, 3.8) is 0 Å². The van der Waals surface area contributed by atoms with Gasteiger partial charge in [0.25, 0.3) is 0 Å². The number of rotatable bonds is 5. The smallest absolute Gasteiger partial charge is 0.410 e. The molecule has 5 heteroatoms. The highest BCUT2D eigenvalue weighted by atomic mass is 16.6. The highest BCUT2D eigenvalue weighted by Gasteiger charge is 2.29. The fourth-order valence-corrected chi connectivity index (χ4v) is 2.22. The van der Waals surface area contributed by atoms with Crippen molar-refractivity contribution in [2.45, 2.75) is 51.7 Å². The van der Waals surface area contributed by atoms with Gasteiger partial charge in [0.2, 0.25) is 0 Å². The van der Waals surface area contributed by atoms with Crippen LogP contribution < -0.4 is 5.32 Å². The predicted molar refractivity (Wildman–Crippen MR) is 75.3 cm³/mol. The second-order valence-electron chi connectivity index (χ2n) is 6.02. The lowest BCUT2D eigenvalue weighted by Gasteiger charge is -2.36. The van der Waals surface area contributed by atoms with Gasteiger partial charge in [-0.25, -0.2) is 4.79 Å². The zero-order valence-electron chi connectivity index (χ0n) is 12.7. The molecule has 112 valence electrons. The summed E-state index contributed by atoms with van der Waals surface area (Å²) in [4.78, 5) is 14.0. The lowest BCUT2D eigenvalue weighted by atomic mass is 10.0. The molecule has 0 aliphatic carbocycles. The number of methoxy groups -OCH3 is 1. The van der Waals surface area contributed by atoms with Gasteiger partial charge in [-0.2, -0.15) is 0 Å². The van der Waals surface area contributed by atoms with Crippen LogP contribution in [0, 0.1) is 0 Å². The number of piperidine rings is 1. The van der Waals surface area contributed by atoms with E-state index in [0.717, 1.165) is 32.5 Å². The van der Waals surface area contributed by atoms with Gasteiger partial charge in [-0.15, -0.1) is 0 Å². The van der Waals surface area contributed by atoms with Gasteiger partial charge in [0.05, 0.1) is 6.61 Å². The molecule has 0 radical (unpaired) electrons. The average molecular weight is 272 g/mol. The largest absolute Gasteiger partial charge is 0.444 e. The Bertz CT molecular complexity index is 276. The molecule has 0 spiro atoms. The summed E-state index contributed by atoms with van der Waals surface area (Å²) < 4.78 is 10.5. The highest BCUT2D eigenvalue weighted by Crippen LogP contribution is 2.19. The van der Waals surface area contributed by atoms with E-state index < -0.39 is 5.60 Å². The fourth-order valence-electron chi connectivity index (χ4n) is 2.22. The van der Waals surface area contributed by atoms with Crippen molar-refractivity contribution >= 4 is 6.09 Å². The molecular formula is C14H28N2O3. The molecule has 1 heterocycles. The molecular weight excluding hydrogens is 244 g/mol. The summed E-state index contributed by atoms with van der Waals surface area (Å²) in [5.41, 5.74) is -0.428. The molecule has 5 nitrogen and oxygen atoms in total. The van der Waals surface area contributed by atoms with E-state index in [1.807, 2.05) is 25.7 Å². The first kappa shape index (κ1) is 16.2. The molecule has 19 heavy (non-hydrogen) atoms. The van der Waals surface area contributed by atoms with Gasteiger partial charge in [0.1, 0.15) is 5.60 Å². The van der Waals surface area contributed by atoms with E-state index in [-0.39, 0.29) is 12.1 Å². The van der Waals surface area contributed by atoms with Crippen LogP contribution in [-0.2, 0) is 9.47 Å². The third-order valence-corrected chi connectivity index (χ3v) is 3.12. The summed E-state index contributed by atoms with van der Waals surface area (Å²) in [6, 6.07) is 0.237. The third-order valence-electron chi connectivity index (χ3n) is 3.12. The zero-order chi connectivity index (χ0) is 14.3. The lowest BCUT2D eigenvalue weighted by Crippen LogP contribution is -2.50. The summed E-state index contributed by atoms with van der Waals surface area (Å²) in [5.74, 6) is 0. The van der Waals surface area contributed by atoms with Crippen molar-refractivity contribution in [2.75, 3.05) is 33.4 Å². The molecule has 0 unspecified atom stereocenters. The number of amides is 1. The van der Waals surface area contributed by atoms with E-state index in [0.29, 0.717) is 6.61 Å². The first-order valence-electron chi connectivity index (χ1n) is 7.13. The molecule has 1 amide bonds. The molecule has 1 atom stereocenters. The maximum Gasteiger partial charge on any atom is 0.410 e. The second-order valence-corrected chi connectivity index (χ2v) is 6.02. The first-order chi connectivity index (χ1) is 8.94. The molecule has 0 aromatic carbocycles. The van der Waals surface area contributed by atoms with Crippen LogP contribution in [0.3, 0.4) is 0 Å². The van der Waals surface area contributed by atoms with Crippen LogP contribution in [0.25, 0.3) is 0 Å². The Kier molecular flexibility index (Phi) is 6.58. The van der Waals surface area contributed by atoms with Crippen molar-refractivity contribution in [1.29, 1.82) is 0 Å². The first-order valence-corrected chi connectivity index (χ1v) is 7.13. The molecule has 1 rings (SSSR count). The molecule has 1 N–H and O–H groups in total. The minimum Gasteiger partial charge on any atom is -0.444 e. The monoisotopic (exact) mass is 272 g/mol. The van der Waals surface area contributed by atoms with Crippen LogP contribution in [0.5, 0.6) is 0 Å². The summed E-state index contributed by atoms with van der Waals surface area (Å²) in [7, 11) is 1.69. The minimum absolute atomic E-state index is 0.189. The maximum absolute atomic E-state index is 12.2. The number of ether oxygens (including phenoxy) is 2. The number of hydrogen-bond donors (Lipinski definition) is 1. The van der Waals surface area contributed by atoms with Crippen LogP contribution in [-0.4, -0.2) is 56.0 Å². The third kappa shape index (κ3) is 6.25. The van der Waals surface area contributed by atoms with Crippen molar-refractivity contribution in [3.05, 3.63) is 0 Å². The Hall–Kier alpha value is -0.810. The van der Waals surface area contributed by atoms with E-state index in [1.54, 1.807) is 7.11 Å². The van der Waals surface area contributed by atoms with Gasteiger partial charge in [-0.05, 0) is 40.0 Å². The van der Waals surface area contributed by atoms with Crippen LogP contribution in [0.15, 0.2) is 0 Å². The van der Waals surface area contributed by atoms with Crippen molar-refractivity contribution in [2.24, 2.45) is 0 Å². The van der Waals surface area contributed by atoms with E-state index in [1.165, 1.54) is 6.42 Å². The molecule has 0 bridgehead atoms. The Morgan fingerprint density at radius 3 is 2.74 bits per heavy atom. The average Bonchev–Trinajstić information content (AvgIpc) is 2.33. The van der Waals surface area contributed by atoms with Gasteiger partial charge in [0.15, 0.2) is 0 Å². The Morgan fingerprint density at radius 2 is 2.11 bits per heavy atom. The summed E-state index contributed by atoms with van der Waals surface area (Å²) >= 11 is 0. The Labute approximate surface area is 116 Å². The number of carbonyl (C=O) groups is 1. The number of nitrogens with zero attached hydrogens (tertiary/aromatic N) is 1. The molecule has 1 aliphatic heterocycles. The molecule has 0 saturated carbocycles. The Balaban J connectivity index is 2.45. The molecule has 1 saturated heterocycles. The maximum atomic E-state index is 12.2. The van der Waals surface area contributed by atoms with E-state index in [2.05, 4.69) is 5.32 Å². The van der Waals surface area contributed by atoms with Crippen LogP contribution in [0.4, 0.5) is 4.79 Å². The van der Waals surface area contributed by atoms with Gasteiger partial charge >= 0.3 is 6.09 Å². The van der Waals surface area contributed by atoms with E-state index in [9.17, 15) is 4.79 Å². The summed E-state index contributed by atoms with van der Waals surface area (Å²) in [6.45, 7) is 8.82. The SMILES string of the molecule is COCCNC[C@H]1CCCCN1C(=O)OC(C)(C)C. The van der Waals surface area contributed by atoms with Gasteiger partial charge in [0, 0.05) is 32.8 Å². The number of likely N-dealkylation sites (tertiary alicyclic amines) is 1. The number of carbonyl (C=O) groups excluding carboxylic acids is 1.